The van der Waals surface area contributed by atoms with Crippen LogP contribution in [0.1, 0.15) is 37.8 Å². The maximum Gasteiger partial charge on any atom is 0.251 e. The monoisotopic (exact) mass is 558 g/mol. The number of benzene rings is 2. The van der Waals surface area contributed by atoms with Gasteiger partial charge in [-0.2, -0.15) is 4.31 Å². The summed E-state index contributed by atoms with van der Waals surface area (Å²) in [6.07, 6.45) is 4.39. The molecular weight excluding hydrogens is 532 g/mol. The van der Waals surface area contributed by atoms with Gasteiger partial charge in [0.1, 0.15) is 5.82 Å². The fourth-order valence-corrected chi connectivity index (χ4v) is 6.23. The van der Waals surface area contributed by atoms with Gasteiger partial charge in [0.05, 0.1) is 11.4 Å². The number of sulfonamides is 1. The summed E-state index contributed by atoms with van der Waals surface area (Å²) in [6, 6.07) is 14.6. The normalized spacial score (nSPS) is 14.7. The van der Waals surface area contributed by atoms with Gasteiger partial charge in [0.15, 0.2) is 0 Å². The number of aryl methyl sites for hydroxylation is 1. The molecule has 1 aliphatic carbocycles. The molecule has 0 atom stereocenters. The Balaban J connectivity index is 1.57. The molecule has 0 unspecified atom stereocenters. The minimum absolute atomic E-state index is 0.163. The van der Waals surface area contributed by atoms with Crippen LogP contribution < -0.4 is 10.9 Å². The molecule has 3 aromatic rings. The van der Waals surface area contributed by atoms with E-state index in [1.807, 2.05) is 0 Å². The Kier molecular flexibility index (Phi) is 7.83. The summed E-state index contributed by atoms with van der Waals surface area (Å²) >= 11 is 3.34. The number of carbonyl (C=O) groups is 1. The van der Waals surface area contributed by atoms with Crippen molar-refractivity contribution in [3.05, 3.63) is 75.1 Å². The highest BCUT2D eigenvalue weighted by atomic mass is 79.9. The van der Waals surface area contributed by atoms with Gasteiger partial charge in [-0.1, -0.05) is 47.3 Å². The van der Waals surface area contributed by atoms with Crippen LogP contribution in [0.15, 0.2) is 68.8 Å². The van der Waals surface area contributed by atoms with Gasteiger partial charge in [-0.15, -0.1) is 0 Å². The number of aromatic nitrogens is 2. The number of rotatable bonds is 7. The van der Waals surface area contributed by atoms with Gasteiger partial charge in [0, 0.05) is 33.5 Å². The predicted molar refractivity (Wildman–Crippen MR) is 139 cm³/mol. The number of H-pyrrole nitrogens is 1. The fourth-order valence-electron chi connectivity index (χ4n) is 4.32. The van der Waals surface area contributed by atoms with Gasteiger partial charge in [-0.25, -0.2) is 13.4 Å². The van der Waals surface area contributed by atoms with E-state index in [9.17, 15) is 18.0 Å². The van der Waals surface area contributed by atoms with E-state index in [0.717, 1.165) is 36.6 Å². The molecule has 0 bridgehead atoms. The molecule has 0 aliphatic heterocycles. The zero-order valence-electron chi connectivity index (χ0n) is 19.3. The molecule has 10 heteroatoms. The van der Waals surface area contributed by atoms with Crippen LogP contribution in [0.4, 0.5) is 5.69 Å². The van der Waals surface area contributed by atoms with Gasteiger partial charge in [0.25, 0.3) is 5.56 Å². The number of nitrogens with one attached hydrogen (secondary N) is 2. The van der Waals surface area contributed by atoms with E-state index in [1.165, 1.54) is 10.4 Å². The molecule has 1 aromatic heterocycles. The van der Waals surface area contributed by atoms with Crippen molar-refractivity contribution in [2.75, 3.05) is 11.9 Å². The first kappa shape index (κ1) is 25.3. The third-order valence-electron chi connectivity index (χ3n) is 5.99. The van der Waals surface area contributed by atoms with E-state index in [0.29, 0.717) is 22.8 Å². The Morgan fingerprint density at radius 2 is 1.83 bits per heavy atom. The number of hydrogen-bond donors (Lipinski definition) is 2. The molecule has 1 saturated carbocycles. The lowest BCUT2D eigenvalue weighted by molar-refractivity contribution is -0.116. The first-order chi connectivity index (χ1) is 16.7. The number of nitrogens with zero attached hydrogens (tertiary/aromatic N) is 2. The largest absolute Gasteiger partial charge is 0.325 e. The second-order valence-electron chi connectivity index (χ2n) is 8.66. The molecule has 1 aliphatic rings. The minimum atomic E-state index is -3.86. The lowest BCUT2D eigenvalue weighted by atomic mass is 9.95. The number of hydrogen-bond acceptors (Lipinski definition) is 5. The van der Waals surface area contributed by atoms with Gasteiger partial charge >= 0.3 is 0 Å². The van der Waals surface area contributed by atoms with Gasteiger partial charge < -0.3 is 10.3 Å². The van der Waals surface area contributed by atoms with Crippen LogP contribution in [0.5, 0.6) is 0 Å². The van der Waals surface area contributed by atoms with Crippen LogP contribution in [0, 0.1) is 6.92 Å². The van der Waals surface area contributed by atoms with Crippen molar-refractivity contribution in [1.29, 1.82) is 0 Å². The van der Waals surface area contributed by atoms with Crippen LogP contribution in [0.2, 0.25) is 0 Å². The SMILES string of the molecule is Cc1cc(=O)[nH]c(-c2cccc(NC(=O)CN(C3CCCCC3)S(=O)(=O)c3ccc(Br)cc3)c2)n1. The first-order valence-corrected chi connectivity index (χ1v) is 13.7. The van der Waals surface area contributed by atoms with E-state index in [4.69, 9.17) is 0 Å². The Hall–Kier alpha value is -2.82. The molecular formula is C25H27BrN4O4S. The average molecular weight is 559 g/mol. The molecule has 0 spiro atoms. The number of halogens is 1. The van der Waals surface area contributed by atoms with Crippen LogP contribution in [0.3, 0.4) is 0 Å². The topological polar surface area (TPSA) is 112 Å². The van der Waals surface area contributed by atoms with Crippen molar-refractivity contribution in [2.24, 2.45) is 0 Å². The van der Waals surface area contributed by atoms with E-state index in [2.05, 4.69) is 31.2 Å². The summed E-state index contributed by atoms with van der Waals surface area (Å²) in [4.78, 5) is 32.1. The number of anilines is 1. The third-order valence-corrected chi connectivity index (χ3v) is 8.43. The molecule has 1 amide bonds. The Morgan fingerprint density at radius 3 is 2.51 bits per heavy atom. The Morgan fingerprint density at radius 1 is 1.11 bits per heavy atom. The van der Waals surface area contributed by atoms with Crippen LogP contribution >= 0.6 is 15.9 Å². The zero-order chi connectivity index (χ0) is 25.0. The summed E-state index contributed by atoms with van der Waals surface area (Å²) in [5, 5.41) is 2.81. The van der Waals surface area contributed by atoms with E-state index in [-0.39, 0.29) is 23.0 Å². The van der Waals surface area contributed by atoms with E-state index < -0.39 is 15.9 Å². The standard InChI is InChI=1S/C25H27BrN4O4S/c1-17-14-23(31)29-25(27-17)18-6-5-7-20(15-18)28-24(32)16-30(21-8-3-2-4-9-21)35(33,34)22-12-10-19(26)11-13-22/h5-7,10-15,21H,2-4,8-9,16H2,1H3,(H,28,32)(H,27,29,31). The fraction of sp³-hybridized carbons (Fsp3) is 0.320. The summed E-state index contributed by atoms with van der Waals surface area (Å²) in [5.74, 6) is -0.0353. The Bertz CT molecular complexity index is 1370. The summed E-state index contributed by atoms with van der Waals surface area (Å²) < 4.78 is 29.2. The highest BCUT2D eigenvalue weighted by Gasteiger charge is 2.34. The second-order valence-corrected chi connectivity index (χ2v) is 11.5. The number of carbonyl (C=O) groups excluding carboxylic acids is 1. The smallest absolute Gasteiger partial charge is 0.251 e. The van der Waals surface area contributed by atoms with Crippen molar-refractivity contribution < 1.29 is 13.2 Å². The lowest BCUT2D eigenvalue weighted by Crippen LogP contribution is -2.45. The molecule has 184 valence electrons. The zero-order valence-corrected chi connectivity index (χ0v) is 21.7. The van der Waals surface area contributed by atoms with Crippen molar-refractivity contribution in [3.63, 3.8) is 0 Å². The average Bonchev–Trinajstić information content (AvgIpc) is 2.83. The van der Waals surface area contributed by atoms with Gasteiger partial charge in [0.2, 0.25) is 15.9 Å². The van der Waals surface area contributed by atoms with E-state index in [1.54, 1.807) is 55.5 Å². The van der Waals surface area contributed by atoms with Gasteiger partial charge in [-0.3, -0.25) is 9.59 Å². The molecule has 1 heterocycles. The lowest BCUT2D eigenvalue weighted by Gasteiger charge is -2.33. The summed E-state index contributed by atoms with van der Waals surface area (Å²) in [5.41, 5.74) is 1.44. The number of amides is 1. The molecule has 0 saturated heterocycles. The quantitative estimate of drug-likeness (QED) is 0.444. The second kappa shape index (κ2) is 10.8. The molecule has 4 rings (SSSR count). The third kappa shape index (κ3) is 6.25. The predicted octanol–water partition coefficient (Wildman–Crippen LogP) is 4.47. The summed E-state index contributed by atoms with van der Waals surface area (Å²) in [7, 11) is -3.86. The molecule has 2 aromatic carbocycles. The maximum absolute atomic E-state index is 13.5. The molecule has 0 radical (unpaired) electrons. The molecule has 35 heavy (non-hydrogen) atoms. The van der Waals surface area contributed by atoms with Crippen molar-refractivity contribution >= 4 is 37.5 Å². The highest BCUT2D eigenvalue weighted by molar-refractivity contribution is 9.10. The molecule has 2 N–H and O–H groups in total. The minimum Gasteiger partial charge on any atom is -0.325 e. The van der Waals surface area contributed by atoms with Crippen LogP contribution in [0.25, 0.3) is 11.4 Å². The first-order valence-electron chi connectivity index (χ1n) is 11.5. The van der Waals surface area contributed by atoms with Crippen LogP contribution in [-0.4, -0.2) is 41.2 Å². The van der Waals surface area contributed by atoms with Crippen molar-refractivity contribution in [2.45, 2.75) is 50.0 Å². The maximum atomic E-state index is 13.5. The molecule has 1 fully saturated rings. The van der Waals surface area contributed by atoms with Crippen LogP contribution in [-0.2, 0) is 14.8 Å². The van der Waals surface area contributed by atoms with Crippen molar-refractivity contribution in [3.8, 4) is 11.4 Å². The van der Waals surface area contributed by atoms with Crippen molar-refractivity contribution in [1.82, 2.24) is 14.3 Å². The molecule has 8 nitrogen and oxygen atoms in total. The van der Waals surface area contributed by atoms with E-state index >= 15 is 0 Å². The summed E-state index contributed by atoms with van der Waals surface area (Å²) in [6.45, 7) is 1.45. The number of aromatic amines is 1. The Labute approximate surface area is 213 Å². The van der Waals surface area contributed by atoms with Gasteiger partial charge in [-0.05, 0) is 56.2 Å². The highest BCUT2D eigenvalue weighted by Crippen LogP contribution is 2.28.